The maximum atomic E-state index is 6.05. The van der Waals surface area contributed by atoms with Crippen molar-refractivity contribution in [3.05, 3.63) is 22.3 Å². The average molecular weight is 346 g/mol. The Balaban J connectivity index is 2.13. The van der Waals surface area contributed by atoms with E-state index in [1.807, 2.05) is 6.20 Å². The Bertz CT molecular complexity index is 422. The Hall–Kier alpha value is -0.280. The van der Waals surface area contributed by atoms with Crippen LogP contribution in [-0.2, 0) is 5.88 Å². The van der Waals surface area contributed by atoms with Gasteiger partial charge >= 0.3 is 0 Å². The van der Waals surface area contributed by atoms with E-state index >= 15 is 0 Å². The zero-order valence-corrected chi connectivity index (χ0v) is 14.1. The minimum absolute atomic E-state index is 0.519. The number of hydrogen-bond acceptors (Lipinski definition) is 2. The molecule has 4 heteroatoms. The number of anilines is 1. The number of nitrogens with zero attached hydrogens (tertiary/aromatic N) is 2. The van der Waals surface area contributed by atoms with Gasteiger partial charge in [0.15, 0.2) is 0 Å². The zero-order chi connectivity index (χ0) is 13.9. The van der Waals surface area contributed by atoms with Crippen LogP contribution in [0, 0.1) is 5.41 Å². The first kappa shape index (κ1) is 15.1. The van der Waals surface area contributed by atoms with Crippen LogP contribution in [0.25, 0.3) is 0 Å². The van der Waals surface area contributed by atoms with Crippen molar-refractivity contribution in [2.24, 2.45) is 5.41 Å². The van der Waals surface area contributed by atoms with Crippen LogP contribution in [0.3, 0.4) is 0 Å². The van der Waals surface area contributed by atoms with Gasteiger partial charge in [0, 0.05) is 29.3 Å². The first-order chi connectivity index (χ1) is 9.14. The summed E-state index contributed by atoms with van der Waals surface area (Å²) in [5, 5.41) is 0. The van der Waals surface area contributed by atoms with E-state index in [0.717, 1.165) is 28.9 Å². The number of rotatable bonds is 4. The lowest BCUT2D eigenvalue weighted by molar-refractivity contribution is 0.199. The number of halogens is 2. The molecule has 1 fully saturated rings. The summed E-state index contributed by atoms with van der Waals surface area (Å²) in [5.41, 5.74) is 1.67. The average Bonchev–Trinajstić information content (AvgIpc) is 2.47. The molecule has 2 nitrogen and oxygen atoms in total. The van der Waals surface area contributed by atoms with Gasteiger partial charge in [0.05, 0.1) is 5.88 Å². The van der Waals surface area contributed by atoms with E-state index in [9.17, 15) is 0 Å². The van der Waals surface area contributed by atoms with Crippen molar-refractivity contribution in [3.63, 3.8) is 0 Å². The third-order valence-corrected chi connectivity index (χ3v) is 5.40. The molecule has 19 heavy (non-hydrogen) atoms. The van der Waals surface area contributed by atoms with Crippen LogP contribution in [0.5, 0.6) is 0 Å². The highest BCUT2D eigenvalue weighted by atomic mass is 79.9. The highest BCUT2D eigenvalue weighted by molar-refractivity contribution is 9.10. The van der Waals surface area contributed by atoms with Crippen molar-refractivity contribution in [1.29, 1.82) is 0 Å². The maximum absolute atomic E-state index is 6.05. The van der Waals surface area contributed by atoms with Gasteiger partial charge in [0.2, 0.25) is 0 Å². The minimum atomic E-state index is 0.519. The van der Waals surface area contributed by atoms with Crippen molar-refractivity contribution in [3.8, 4) is 0 Å². The van der Waals surface area contributed by atoms with E-state index < -0.39 is 0 Å². The molecule has 106 valence electrons. The number of hydrogen-bond donors (Lipinski definition) is 0. The Morgan fingerprint density at radius 1 is 1.32 bits per heavy atom. The van der Waals surface area contributed by atoms with Gasteiger partial charge in [-0.25, -0.2) is 4.98 Å². The smallest absolute Gasteiger partial charge is 0.133 e. The molecule has 0 aromatic carbocycles. The molecule has 0 saturated carbocycles. The van der Waals surface area contributed by atoms with Gasteiger partial charge in [-0.1, -0.05) is 26.7 Å². The molecule has 1 aromatic heterocycles. The van der Waals surface area contributed by atoms with Crippen molar-refractivity contribution < 1.29 is 0 Å². The molecule has 0 aliphatic carbocycles. The van der Waals surface area contributed by atoms with E-state index in [-0.39, 0.29) is 0 Å². The van der Waals surface area contributed by atoms with Gasteiger partial charge < -0.3 is 4.90 Å². The zero-order valence-electron chi connectivity index (χ0n) is 11.8. The van der Waals surface area contributed by atoms with Crippen molar-refractivity contribution >= 4 is 33.3 Å². The molecule has 1 saturated heterocycles. The summed E-state index contributed by atoms with van der Waals surface area (Å²) in [5.74, 6) is 1.59. The molecule has 0 atom stereocenters. The fraction of sp³-hybridized carbons (Fsp3) is 0.667. The Kier molecular flexibility index (Phi) is 5.13. The monoisotopic (exact) mass is 344 g/mol. The molecule has 2 rings (SSSR count). The van der Waals surface area contributed by atoms with Gasteiger partial charge in [-0.2, -0.15) is 0 Å². The number of piperidine rings is 1. The molecular formula is C15H22BrClN2. The summed E-state index contributed by atoms with van der Waals surface area (Å²) in [6.07, 6.45) is 6.97. The Labute approximate surface area is 129 Å². The normalized spacial score (nSPS) is 18.6. The molecule has 1 aromatic rings. The Morgan fingerprint density at radius 2 is 1.95 bits per heavy atom. The highest BCUT2D eigenvalue weighted by Crippen LogP contribution is 2.39. The number of aromatic nitrogens is 1. The lowest BCUT2D eigenvalue weighted by Gasteiger charge is -2.42. The third-order valence-electron chi connectivity index (χ3n) is 4.68. The summed E-state index contributed by atoms with van der Waals surface area (Å²) < 4.78 is 1.00. The van der Waals surface area contributed by atoms with Gasteiger partial charge in [-0.05, 0) is 40.3 Å². The topological polar surface area (TPSA) is 16.1 Å². The summed E-state index contributed by atoms with van der Waals surface area (Å²) in [4.78, 5) is 6.96. The maximum Gasteiger partial charge on any atom is 0.133 e. The van der Waals surface area contributed by atoms with Gasteiger partial charge in [0.25, 0.3) is 0 Å². The van der Waals surface area contributed by atoms with E-state index in [2.05, 4.69) is 45.7 Å². The van der Waals surface area contributed by atoms with Crippen LogP contribution >= 0.6 is 27.5 Å². The summed E-state index contributed by atoms with van der Waals surface area (Å²) in [6.45, 7) is 6.84. The summed E-state index contributed by atoms with van der Waals surface area (Å²) in [7, 11) is 0. The number of alkyl halides is 1. The van der Waals surface area contributed by atoms with Crippen molar-refractivity contribution in [2.45, 2.75) is 45.4 Å². The van der Waals surface area contributed by atoms with Crippen LogP contribution in [0.4, 0.5) is 5.82 Å². The lowest BCUT2D eigenvalue weighted by atomic mass is 9.74. The van der Waals surface area contributed by atoms with Gasteiger partial charge in [-0.3, -0.25) is 0 Å². The van der Waals surface area contributed by atoms with E-state index in [1.165, 1.54) is 25.7 Å². The van der Waals surface area contributed by atoms with E-state index in [4.69, 9.17) is 11.6 Å². The molecule has 0 amide bonds. The second-order valence-corrected chi connectivity index (χ2v) is 6.65. The Morgan fingerprint density at radius 3 is 2.47 bits per heavy atom. The molecule has 0 N–H and O–H groups in total. The van der Waals surface area contributed by atoms with E-state index in [0.29, 0.717) is 11.3 Å². The number of pyridine rings is 1. The summed E-state index contributed by atoms with van der Waals surface area (Å²) in [6, 6.07) is 2.08. The van der Waals surface area contributed by atoms with E-state index in [1.54, 1.807) is 0 Å². The minimum Gasteiger partial charge on any atom is -0.356 e. The molecule has 0 unspecified atom stereocenters. The largest absolute Gasteiger partial charge is 0.356 e. The van der Waals surface area contributed by atoms with Crippen LogP contribution in [0.2, 0.25) is 0 Å². The standard InChI is InChI=1S/C15H22BrClN2/c1-3-15(4-2)5-7-19(8-6-15)14-12(10-17)9-13(16)11-18-14/h9,11H,3-8,10H2,1-2H3. The molecule has 0 bridgehead atoms. The summed E-state index contributed by atoms with van der Waals surface area (Å²) >= 11 is 9.51. The predicted octanol–water partition coefficient (Wildman–Crippen LogP) is 4.99. The first-order valence-electron chi connectivity index (χ1n) is 7.09. The van der Waals surface area contributed by atoms with Crippen LogP contribution in [-0.4, -0.2) is 18.1 Å². The highest BCUT2D eigenvalue weighted by Gasteiger charge is 2.32. The molecule has 2 heterocycles. The quantitative estimate of drug-likeness (QED) is 0.715. The van der Waals surface area contributed by atoms with Crippen molar-refractivity contribution in [2.75, 3.05) is 18.0 Å². The molecule has 0 spiro atoms. The third kappa shape index (κ3) is 3.25. The molecule has 0 radical (unpaired) electrons. The van der Waals surface area contributed by atoms with Gasteiger partial charge in [-0.15, -0.1) is 11.6 Å². The second kappa shape index (κ2) is 6.45. The predicted molar refractivity (Wildman–Crippen MR) is 86.0 cm³/mol. The van der Waals surface area contributed by atoms with Crippen molar-refractivity contribution in [1.82, 2.24) is 4.98 Å². The van der Waals surface area contributed by atoms with Gasteiger partial charge in [0.1, 0.15) is 5.82 Å². The molecule has 1 aliphatic rings. The fourth-order valence-electron chi connectivity index (χ4n) is 3.01. The molecule has 1 aliphatic heterocycles. The second-order valence-electron chi connectivity index (χ2n) is 5.46. The van der Waals surface area contributed by atoms with Crippen LogP contribution < -0.4 is 4.90 Å². The first-order valence-corrected chi connectivity index (χ1v) is 8.42. The molecular weight excluding hydrogens is 324 g/mol. The lowest BCUT2D eigenvalue weighted by Crippen LogP contribution is -2.40. The SMILES string of the molecule is CCC1(CC)CCN(c2ncc(Br)cc2CCl)CC1. The fourth-order valence-corrected chi connectivity index (χ4v) is 3.58. The van der Waals surface area contributed by atoms with Crippen LogP contribution in [0.15, 0.2) is 16.7 Å². The van der Waals surface area contributed by atoms with Crippen LogP contribution in [0.1, 0.15) is 45.1 Å².